The number of aromatic nitrogens is 2. The van der Waals surface area contributed by atoms with Gasteiger partial charge in [-0.3, -0.25) is 9.36 Å². The number of rotatable bonds is 5. The Kier molecular flexibility index (Phi) is 4.86. The smallest absolute Gasteiger partial charge is 0.309 e. The molecule has 18 heavy (non-hydrogen) atoms. The molecular formula is C12H22N4O2. The van der Waals surface area contributed by atoms with Crippen LogP contribution in [0.1, 0.15) is 12.5 Å². The SMILES string of the molecule is CC(CN(C)C)NCc1cn(C)c(=O)n(C)c1=O. The van der Waals surface area contributed by atoms with Crippen molar-refractivity contribution in [3.05, 3.63) is 32.6 Å². The third-order valence-corrected chi connectivity index (χ3v) is 2.80. The molecule has 0 spiro atoms. The first kappa shape index (κ1) is 14.7. The summed E-state index contributed by atoms with van der Waals surface area (Å²) in [6.45, 7) is 3.42. The highest BCUT2D eigenvalue weighted by molar-refractivity contribution is 5.05. The molecule has 0 saturated heterocycles. The van der Waals surface area contributed by atoms with Crippen LogP contribution in [0.5, 0.6) is 0 Å². The van der Waals surface area contributed by atoms with E-state index in [9.17, 15) is 9.59 Å². The standard InChI is InChI=1S/C12H22N4O2/c1-9(7-14(2)3)13-6-10-8-15(4)12(18)16(5)11(10)17/h8-9,13H,6-7H2,1-5H3. The predicted molar refractivity (Wildman–Crippen MR) is 71.8 cm³/mol. The van der Waals surface area contributed by atoms with Crippen LogP contribution in [0, 0.1) is 0 Å². The molecule has 1 aromatic rings. The molecule has 0 aliphatic heterocycles. The average molecular weight is 254 g/mol. The van der Waals surface area contributed by atoms with Gasteiger partial charge in [-0.2, -0.15) is 0 Å². The summed E-state index contributed by atoms with van der Waals surface area (Å²) in [5.74, 6) is 0. The maximum absolute atomic E-state index is 11.9. The highest BCUT2D eigenvalue weighted by Crippen LogP contribution is 1.91. The molecule has 1 rings (SSSR count). The van der Waals surface area contributed by atoms with Crippen molar-refractivity contribution >= 4 is 0 Å². The molecule has 1 atom stereocenters. The zero-order valence-electron chi connectivity index (χ0n) is 11.7. The van der Waals surface area contributed by atoms with Gasteiger partial charge in [0, 0.05) is 45.0 Å². The highest BCUT2D eigenvalue weighted by Gasteiger charge is 2.08. The van der Waals surface area contributed by atoms with E-state index in [1.165, 1.54) is 11.6 Å². The van der Waals surface area contributed by atoms with Crippen LogP contribution in [0.25, 0.3) is 0 Å². The van der Waals surface area contributed by atoms with Gasteiger partial charge in [-0.15, -0.1) is 0 Å². The van der Waals surface area contributed by atoms with Crippen molar-refractivity contribution in [3.8, 4) is 0 Å². The first-order valence-corrected chi connectivity index (χ1v) is 5.96. The molecule has 1 heterocycles. The van der Waals surface area contributed by atoms with E-state index in [0.717, 1.165) is 11.1 Å². The molecule has 0 radical (unpaired) electrons. The lowest BCUT2D eigenvalue weighted by Crippen LogP contribution is -2.41. The third kappa shape index (κ3) is 3.54. The Morgan fingerprint density at radius 3 is 2.50 bits per heavy atom. The van der Waals surface area contributed by atoms with Crippen molar-refractivity contribution in [2.24, 2.45) is 14.1 Å². The minimum atomic E-state index is -0.301. The number of nitrogens with zero attached hydrogens (tertiary/aromatic N) is 3. The van der Waals surface area contributed by atoms with Gasteiger partial charge in [0.1, 0.15) is 0 Å². The van der Waals surface area contributed by atoms with Crippen molar-refractivity contribution in [1.29, 1.82) is 0 Å². The third-order valence-electron chi connectivity index (χ3n) is 2.80. The van der Waals surface area contributed by atoms with Crippen LogP contribution in [0.3, 0.4) is 0 Å². The Balaban J connectivity index is 2.81. The van der Waals surface area contributed by atoms with Gasteiger partial charge in [0.2, 0.25) is 0 Å². The van der Waals surface area contributed by atoms with Crippen LogP contribution in [-0.4, -0.2) is 40.7 Å². The molecule has 0 saturated carbocycles. The summed E-state index contributed by atoms with van der Waals surface area (Å²) in [6.07, 6.45) is 1.60. The molecule has 0 fully saturated rings. The molecule has 102 valence electrons. The largest absolute Gasteiger partial charge is 0.330 e. The van der Waals surface area contributed by atoms with Crippen molar-refractivity contribution < 1.29 is 0 Å². The van der Waals surface area contributed by atoms with E-state index < -0.39 is 0 Å². The van der Waals surface area contributed by atoms with Crippen LogP contribution in [0.4, 0.5) is 0 Å². The highest BCUT2D eigenvalue weighted by atomic mass is 16.2. The van der Waals surface area contributed by atoms with Crippen LogP contribution >= 0.6 is 0 Å². The Hall–Kier alpha value is -1.40. The molecule has 1 unspecified atom stereocenters. The molecule has 0 bridgehead atoms. The summed E-state index contributed by atoms with van der Waals surface area (Å²) in [6, 6.07) is 0.280. The van der Waals surface area contributed by atoms with Crippen molar-refractivity contribution in [2.45, 2.75) is 19.5 Å². The summed E-state index contributed by atoms with van der Waals surface area (Å²) >= 11 is 0. The fraction of sp³-hybridized carbons (Fsp3) is 0.667. The summed E-state index contributed by atoms with van der Waals surface area (Å²) in [5.41, 5.74) is 0.0675. The maximum Gasteiger partial charge on any atom is 0.330 e. The van der Waals surface area contributed by atoms with Gasteiger partial charge in [-0.1, -0.05) is 0 Å². The Morgan fingerprint density at radius 2 is 1.94 bits per heavy atom. The number of likely N-dealkylation sites (N-methyl/N-ethyl adjacent to an activating group) is 1. The monoisotopic (exact) mass is 254 g/mol. The maximum atomic E-state index is 11.9. The second-order valence-electron chi connectivity index (χ2n) is 4.96. The summed E-state index contributed by atoms with van der Waals surface area (Å²) < 4.78 is 2.56. The van der Waals surface area contributed by atoms with E-state index in [1.807, 2.05) is 14.1 Å². The average Bonchev–Trinajstić information content (AvgIpc) is 2.28. The summed E-state index contributed by atoms with van der Waals surface area (Å²) in [4.78, 5) is 25.5. The molecule has 6 nitrogen and oxygen atoms in total. The molecular weight excluding hydrogens is 232 g/mol. The van der Waals surface area contributed by atoms with Crippen LogP contribution in [0.15, 0.2) is 15.8 Å². The molecule has 1 aromatic heterocycles. The lowest BCUT2D eigenvalue weighted by atomic mass is 10.2. The lowest BCUT2D eigenvalue weighted by Gasteiger charge is -2.18. The topological polar surface area (TPSA) is 59.3 Å². The van der Waals surface area contributed by atoms with Gasteiger partial charge in [-0.05, 0) is 21.0 Å². The van der Waals surface area contributed by atoms with E-state index in [0.29, 0.717) is 12.1 Å². The summed E-state index contributed by atoms with van der Waals surface area (Å²) in [7, 11) is 7.15. The van der Waals surface area contributed by atoms with Gasteiger partial charge >= 0.3 is 5.69 Å². The molecule has 0 aromatic carbocycles. The van der Waals surface area contributed by atoms with E-state index in [4.69, 9.17) is 0 Å². The van der Waals surface area contributed by atoms with Gasteiger partial charge < -0.3 is 14.8 Å². The zero-order chi connectivity index (χ0) is 13.9. The molecule has 0 aliphatic rings. The number of hydrogen-bond donors (Lipinski definition) is 1. The second kappa shape index (κ2) is 5.97. The number of hydrogen-bond acceptors (Lipinski definition) is 4. The van der Waals surface area contributed by atoms with Crippen molar-refractivity contribution in [2.75, 3.05) is 20.6 Å². The Labute approximate surface area is 107 Å². The lowest BCUT2D eigenvalue weighted by molar-refractivity contribution is 0.348. The Bertz CT molecular complexity index is 516. The van der Waals surface area contributed by atoms with Crippen LogP contribution in [0.2, 0.25) is 0 Å². The quantitative estimate of drug-likeness (QED) is 0.741. The second-order valence-corrected chi connectivity index (χ2v) is 4.96. The van der Waals surface area contributed by atoms with E-state index >= 15 is 0 Å². The molecule has 0 amide bonds. The normalized spacial score (nSPS) is 13.0. The molecule has 1 N–H and O–H groups in total. The van der Waals surface area contributed by atoms with Gasteiger partial charge in [-0.25, -0.2) is 4.79 Å². The Morgan fingerprint density at radius 1 is 1.33 bits per heavy atom. The van der Waals surface area contributed by atoms with Crippen molar-refractivity contribution in [3.63, 3.8) is 0 Å². The fourth-order valence-electron chi connectivity index (χ4n) is 1.90. The number of nitrogens with one attached hydrogen (secondary N) is 1. The van der Waals surface area contributed by atoms with Gasteiger partial charge in [0.25, 0.3) is 5.56 Å². The van der Waals surface area contributed by atoms with E-state index in [-0.39, 0.29) is 17.3 Å². The zero-order valence-corrected chi connectivity index (χ0v) is 11.7. The minimum Gasteiger partial charge on any atom is -0.309 e. The first-order chi connectivity index (χ1) is 8.32. The summed E-state index contributed by atoms with van der Waals surface area (Å²) in [5, 5.41) is 3.27. The van der Waals surface area contributed by atoms with Gasteiger partial charge in [0.15, 0.2) is 0 Å². The van der Waals surface area contributed by atoms with Crippen LogP contribution in [-0.2, 0) is 20.6 Å². The van der Waals surface area contributed by atoms with E-state index in [1.54, 1.807) is 13.2 Å². The molecule has 0 aliphatic carbocycles. The minimum absolute atomic E-state index is 0.234. The van der Waals surface area contributed by atoms with E-state index in [2.05, 4.69) is 17.1 Å². The predicted octanol–water partition coefficient (Wildman–Crippen LogP) is -0.876. The fourth-order valence-corrected chi connectivity index (χ4v) is 1.90. The molecule has 6 heteroatoms. The van der Waals surface area contributed by atoms with Crippen LogP contribution < -0.4 is 16.6 Å². The van der Waals surface area contributed by atoms with Gasteiger partial charge in [0.05, 0.1) is 0 Å². The number of aryl methyl sites for hydroxylation is 1. The van der Waals surface area contributed by atoms with Crippen molar-refractivity contribution in [1.82, 2.24) is 19.4 Å². The first-order valence-electron chi connectivity index (χ1n) is 5.96.